The van der Waals surface area contributed by atoms with E-state index in [4.69, 9.17) is 0 Å². The van der Waals surface area contributed by atoms with Crippen LogP contribution in [-0.4, -0.2) is 0 Å². The quantitative estimate of drug-likeness (QED) is 0.121. The highest BCUT2D eigenvalue weighted by atomic mass is 14.2. The van der Waals surface area contributed by atoms with E-state index in [1.54, 1.807) is 0 Å². The van der Waals surface area contributed by atoms with Gasteiger partial charge in [0.2, 0.25) is 0 Å². The molecule has 0 bridgehead atoms. The Bertz CT molecular complexity index is 2000. The minimum atomic E-state index is 0.810. The van der Waals surface area contributed by atoms with Gasteiger partial charge in [-0.1, -0.05) is 187 Å². The maximum atomic E-state index is 4.15. The van der Waals surface area contributed by atoms with E-state index in [-0.39, 0.29) is 0 Å². The first-order valence-corrected chi connectivity index (χ1v) is 16.5. The first-order valence-electron chi connectivity index (χ1n) is 16.5. The van der Waals surface area contributed by atoms with Crippen LogP contribution in [0, 0.1) is 0 Å². The van der Waals surface area contributed by atoms with Crippen LogP contribution in [0.5, 0.6) is 0 Å². The summed E-state index contributed by atoms with van der Waals surface area (Å²) in [5, 5.41) is 10.1. The molecule has 0 atom stereocenters. The maximum Gasteiger partial charge on any atom is -0.000110 e. The standard InChI is InChI=1S/C42H34.2C2H6/c1-5-9-19-30(8-4)42-37-26-16-12-22-33(37)40(34-23-13-17-27-38(34)42)28-39-31-20-10-14-24-35(31)41(29(7-3)18-6-2)36-25-15-11-21-32(36)39;2*1-2/h5-27H,1-3,28H2,4H3;2*1-2H3/b19-9-,29-18+,30-8+;;. The van der Waals surface area contributed by atoms with Crippen LogP contribution in [0.2, 0.25) is 0 Å². The zero-order valence-electron chi connectivity index (χ0n) is 28.1. The summed E-state index contributed by atoms with van der Waals surface area (Å²) >= 11 is 0. The number of hydrogen-bond acceptors (Lipinski definition) is 0. The highest BCUT2D eigenvalue weighted by molar-refractivity contribution is 6.15. The van der Waals surface area contributed by atoms with Gasteiger partial charge >= 0.3 is 0 Å². The van der Waals surface area contributed by atoms with E-state index in [0.717, 1.165) is 12.0 Å². The minimum absolute atomic E-state index is 0.810. The van der Waals surface area contributed by atoms with Gasteiger partial charge in [-0.3, -0.25) is 0 Å². The molecule has 0 aliphatic heterocycles. The van der Waals surface area contributed by atoms with Crippen molar-refractivity contribution in [1.29, 1.82) is 0 Å². The van der Waals surface area contributed by atoms with Crippen molar-refractivity contribution in [2.75, 3.05) is 0 Å². The predicted octanol–water partition coefficient (Wildman–Crippen LogP) is 13.8. The van der Waals surface area contributed by atoms with E-state index in [9.17, 15) is 0 Å². The second kappa shape index (κ2) is 16.2. The van der Waals surface area contributed by atoms with E-state index in [1.807, 2.05) is 52.0 Å². The number of benzene rings is 6. The smallest absolute Gasteiger partial charge is 0.000110 e. The topological polar surface area (TPSA) is 0 Å². The molecular formula is C46H46. The fraction of sp³-hybridized carbons (Fsp3) is 0.130. The van der Waals surface area contributed by atoms with Crippen molar-refractivity contribution in [2.45, 2.75) is 41.0 Å². The molecule has 0 saturated heterocycles. The molecule has 0 nitrogen and oxygen atoms in total. The number of rotatable bonds is 8. The van der Waals surface area contributed by atoms with Gasteiger partial charge in [0.25, 0.3) is 0 Å². The largest absolute Gasteiger partial charge is 0.0991 e. The third-order valence-electron chi connectivity index (χ3n) is 8.26. The lowest BCUT2D eigenvalue weighted by Crippen LogP contribution is -2.00. The molecule has 0 heteroatoms. The fourth-order valence-corrected chi connectivity index (χ4v) is 6.49. The molecule has 230 valence electrons. The van der Waals surface area contributed by atoms with E-state index >= 15 is 0 Å². The first kappa shape index (κ1) is 33.7. The molecule has 0 unspecified atom stereocenters. The fourth-order valence-electron chi connectivity index (χ4n) is 6.49. The number of allylic oxidation sites excluding steroid dienone is 9. The lowest BCUT2D eigenvalue weighted by atomic mass is 9.82. The van der Waals surface area contributed by atoms with Gasteiger partial charge in [-0.05, 0) is 89.8 Å². The van der Waals surface area contributed by atoms with Crippen LogP contribution in [0.1, 0.15) is 56.9 Å². The number of hydrogen-bond donors (Lipinski definition) is 0. The van der Waals surface area contributed by atoms with Gasteiger partial charge in [0.05, 0.1) is 0 Å². The van der Waals surface area contributed by atoms with Crippen molar-refractivity contribution in [3.8, 4) is 0 Å². The Labute approximate surface area is 276 Å². The van der Waals surface area contributed by atoms with Crippen LogP contribution < -0.4 is 0 Å². The molecule has 0 saturated carbocycles. The predicted molar refractivity (Wildman–Crippen MR) is 210 cm³/mol. The lowest BCUT2D eigenvalue weighted by Gasteiger charge is -2.21. The van der Waals surface area contributed by atoms with Crippen LogP contribution in [0.3, 0.4) is 0 Å². The maximum absolute atomic E-state index is 4.15. The average Bonchev–Trinajstić information content (AvgIpc) is 3.13. The second-order valence-corrected chi connectivity index (χ2v) is 10.5. The molecule has 6 aromatic carbocycles. The van der Waals surface area contributed by atoms with Gasteiger partial charge in [-0.15, -0.1) is 0 Å². The molecular weight excluding hydrogens is 553 g/mol. The highest BCUT2D eigenvalue weighted by Gasteiger charge is 2.19. The van der Waals surface area contributed by atoms with Gasteiger partial charge in [-0.2, -0.15) is 0 Å². The van der Waals surface area contributed by atoms with E-state index in [0.29, 0.717) is 0 Å². The first-order chi connectivity index (χ1) is 22.7. The summed E-state index contributed by atoms with van der Waals surface area (Å²) in [6, 6.07) is 35.3. The van der Waals surface area contributed by atoms with Crippen LogP contribution in [-0.2, 0) is 6.42 Å². The minimum Gasteiger partial charge on any atom is -0.0991 e. The second-order valence-electron chi connectivity index (χ2n) is 10.5. The molecule has 0 fully saturated rings. The summed E-state index contributed by atoms with van der Waals surface area (Å²) < 4.78 is 0. The van der Waals surface area contributed by atoms with E-state index in [2.05, 4.69) is 142 Å². The Hall–Kier alpha value is -5.20. The molecule has 0 amide bonds. The van der Waals surface area contributed by atoms with Gasteiger partial charge in [0.1, 0.15) is 0 Å². The van der Waals surface area contributed by atoms with Gasteiger partial charge < -0.3 is 0 Å². The normalized spacial score (nSPS) is 11.7. The van der Waals surface area contributed by atoms with Crippen LogP contribution in [0.25, 0.3) is 54.2 Å². The highest BCUT2D eigenvalue weighted by Crippen LogP contribution is 2.42. The summed E-state index contributed by atoms with van der Waals surface area (Å²) in [5.74, 6) is 0. The average molecular weight is 599 g/mol. The van der Waals surface area contributed by atoms with E-state index < -0.39 is 0 Å². The zero-order chi connectivity index (χ0) is 33.1. The van der Waals surface area contributed by atoms with Crippen molar-refractivity contribution in [2.24, 2.45) is 0 Å². The Morgan fingerprint density at radius 3 is 1.15 bits per heavy atom. The SMILES string of the molecule is C=C/C=C\C(=C/C)c1c2ccccc2c(Cc2c3ccccc3c(/C(C=C)=C/C=C)c3ccccc23)c2ccccc12.CC.CC. The van der Waals surface area contributed by atoms with Crippen molar-refractivity contribution in [1.82, 2.24) is 0 Å². The lowest BCUT2D eigenvalue weighted by molar-refractivity contribution is 1.28. The van der Waals surface area contributed by atoms with Crippen LogP contribution >= 0.6 is 0 Å². The van der Waals surface area contributed by atoms with Gasteiger partial charge in [0.15, 0.2) is 0 Å². The Kier molecular flexibility index (Phi) is 11.9. The molecule has 0 spiro atoms. The Balaban J connectivity index is 0.00000116. The molecule has 6 aromatic rings. The summed E-state index contributed by atoms with van der Waals surface area (Å²) in [6.45, 7) is 22.1. The molecule has 0 aliphatic carbocycles. The summed E-state index contributed by atoms with van der Waals surface area (Å²) in [5.41, 5.74) is 7.43. The summed E-state index contributed by atoms with van der Waals surface area (Å²) in [4.78, 5) is 0. The van der Waals surface area contributed by atoms with Gasteiger partial charge in [0, 0.05) is 0 Å². The molecule has 0 radical (unpaired) electrons. The molecule has 46 heavy (non-hydrogen) atoms. The van der Waals surface area contributed by atoms with Gasteiger partial charge in [-0.25, -0.2) is 0 Å². The third kappa shape index (κ3) is 6.30. The zero-order valence-corrected chi connectivity index (χ0v) is 28.1. The van der Waals surface area contributed by atoms with Crippen molar-refractivity contribution in [3.63, 3.8) is 0 Å². The molecule has 0 aliphatic rings. The molecule has 0 aromatic heterocycles. The Morgan fingerprint density at radius 2 is 0.848 bits per heavy atom. The summed E-state index contributed by atoms with van der Waals surface area (Å²) in [6.07, 6.45) is 14.9. The third-order valence-corrected chi connectivity index (χ3v) is 8.26. The Morgan fingerprint density at radius 1 is 0.500 bits per heavy atom. The van der Waals surface area contributed by atoms with Crippen molar-refractivity contribution in [3.05, 3.63) is 182 Å². The molecule has 6 rings (SSSR count). The van der Waals surface area contributed by atoms with Crippen molar-refractivity contribution < 1.29 is 0 Å². The van der Waals surface area contributed by atoms with Crippen LogP contribution in [0.4, 0.5) is 0 Å². The monoisotopic (exact) mass is 598 g/mol. The molecule has 0 heterocycles. The van der Waals surface area contributed by atoms with Crippen LogP contribution in [0.15, 0.2) is 159 Å². The summed E-state index contributed by atoms with van der Waals surface area (Å²) in [7, 11) is 0. The van der Waals surface area contributed by atoms with Crippen molar-refractivity contribution >= 4 is 54.2 Å². The van der Waals surface area contributed by atoms with E-state index in [1.165, 1.54) is 70.9 Å². The molecule has 0 N–H and O–H groups in total. The number of fused-ring (bicyclic) bond motifs is 4.